The van der Waals surface area contributed by atoms with Gasteiger partial charge in [0.15, 0.2) is 0 Å². The summed E-state index contributed by atoms with van der Waals surface area (Å²) in [5, 5.41) is 22.8. The van der Waals surface area contributed by atoms with Crippen LogP contribution in [0.5, 0.6) is 0 Å². The SMILES string of the molecule is CCCCCCCCCC(C(=O)[O-])(C(=O)[O-])C(C)(C)C.[Ca+2]. The normalized spacial score (nSPS) is 11.8. The molecule has 0 bridgehead atoms. The Morgan fingerprint density at radius 3 is 1.52 bits per heavy atom. The fourth-order valence-corrected chi connectivity index (χ4v) is 2.62. The van der Waals surface area contributed by atoms with Gasteiger partial charge in [0, 0.05) is 0 Å². The monoisotopic (exact) mass is 324 g/mol. The number of carboxylic acid groups (broad SMARTS) is 2. The Labute approximate surface area is 158 Å². The molecular formula is C16H28CaO4. The molecule has 0 aromatic rings. The molecular weight excluding hydrogens is 296 g/mol. The number of carbonyl (C=O) groups is 2. The topological polar surface area (TPSA) is 80.3 Å². The number of carbonyl (C=O) groups excluding carboxylic acids is 2. The molecule has 118 valence electrons. The first kappa shape index (κ1) is 23.5. The van der Waals surface area contributed by atoms with Crippen molar-refractivity contribution in [3.63, 3.8) is 0 Å². The van der Waals surface area contributed by atoms with E-state index in [0.29, 0.717) is 6.42 Å². The summed E-state index contributed by atoms with van der Waals surface area (Å²) in [4.78, 5) is 22.8. The zero-order valence-corrected chi connectivity index (χ0v) is 16.2. The fraction of sp³-hybridized carbons (Fsp3) is 0.875. The molecule has 4 nitrogen and oxygen atoms in total. The van der Waals surface area contributed by atoms with Gasteiger partial charge in [-0.25, -0.2) is 0 Å². The van der Waals surface area contributed by atoms with Crippen LogP contribution < -0.4 is 10.2 Å². The molecule has 0 aliphatic heterocycles. The van der Waals surface area contributed by atoms with Gasteiger partial charge in [-0.05, 0) is 11.8 Å². The maximum atomic E-state index is 11.4. The van der Waals surface area contributed by atoms with Crippen LogP contribution in [0.4, 0.5) is 0 Å². The molecule has 5 heteroatoms. The molecule has 0 radical (unpaired) electrons. The number of hydrogen-bond acceptors (Lipinski definition) is 4. The predicted molar refractivity (Wildman–Crippen MR) is 80.3 cm³/mol. The minimum Gasteiger partial charge on any atom is -0.549 e. The van der Waals surface area contributed by atoms with E-state index < -0.39 is 22.8 Å². The third-order valence-electron chi connectivity index (χ3n) is 4.13. The van der Waals surface area contributed by atoms with Crippen LogP contribution in [-0.2, 0) is 9.59 Å². The van der Waals surface area contributed by atoms with E-state index in [1.54, 1.807) is 20.8 Å². The van der Waals surface area contributed by atoms with Crippen molar-refractivity contribution >= 4 is 49.7 Å². The first-order valence-electron chi connectivity index (χ1n) is 7.63. The van der Waals surface area contributed by atoms with Gasteiger partial charge >= 0.3 is 37.7 Å². The van der Waals surface area contributed by atoms with Crippen molar-refractivity contribution < 1.29 is 19.8 Å². The summed E-state index contributed by atoms with van der Waals surface area (Å²) in [6.07, 6.45) is 7.21. The Balaban J connectivity index is 0. The van der Waals surface area contributed by atoms with E-state index >= 15 is 0 Å². The molecule has 0 N–H and O–H groups in total. The van der Waals surface area contributed by atoms with Crippen LogP contribution in [0.1, 0.15) is 79.1 Å². The molecule has 0 spiro atoms. The number of rotatable bonds is 10. The van der Waals surface area contributed by atoms with Crippen molar-refractivity contribution in [3.05, 3.63) is 0 Å². The van der Waals surface area contributed by atoms with Crippen LogP contribution in [0, 0.1) is 10.8 Å². The molecule has 0 atom stereocenters. The van der Waals surface area contributed by atoms with Crippen LogP contribution in [0.15, 0.2) is 0 Å². The van der Waals surface area contributed by atoms with Gasteiger partial charge in [0.05, 0.1) is 17.4 Å². The minimum absolute atomic E-state index is 0. The third-order valence-corrected chi connectivity index (χ3v) is 4.13. The maximum Gasteiger partial charge on any atom is 2.00 e. The first-order valence-corrected chi connectivity index (χ1v) is 7.63. The number of aliphatic carboxylic acids is 2. The Morgan fingerprint density at radius 2 is 1.19 bits per heavy atom. The van der Waals surface area contributed by atoms with Gasteiger partial charge in [0.1, 0.15) is 0 Å². The summed E-state index contributed by atoms with van der Waals surface area (Å²) in [6.45, 7) is 6.98. The van der Waals surface area contributed by atoms with Gasteiger partial charge in [-0.2, -0.15) is 0 Å². The summed E-state index contributed by atoms with van der Waals surface area (Å²) in [7, 11) is 0. The standard InChI is InChI=1S/C16H30O4.Ca/c1-5-6-7-8-9-10-11-12-16(13(17)18,14(19)20)15(2,3)4;/h5-12H2,1-4H3,(H,17,18)(H,19,20);/q;+2/p-2. The van der Waals surface area contributed by atoms with Crippen LogP contribution in [0.25, 0.3) is 0 Å². The summed E-state index contributed by atoms with van der Waals surface area (Å²) in [5.74, 6) is -3.06. The van der Waals surface area contributed by atoms with E-state index in [-0.39, 0.29) is 44.2 Å². The Morgan fingerprint density at radius 1 is 0.810 bits per heavy atom. The van der Waals surface area contributed by atoms with Crippen LogP contribution in [0.2, 0.25) is 0 Å². The van der Waals surface area contributed by atoms with Gasteiger partial charge < -0.3 is 19.8 Å². The smallest absolute Gasteiger partial charge is 0.549 e. The van der Waals surface area contributed by atoms with Crippen LogP contribution in [0.3, 0.4) is 0 Å². The zero-order valence-electron chi connectivity index (χ0n) is 14.0. The largest absolute Gasteiger partial charge is 2.00 e. The van der Waals surface area contributed by atoms with Crippen molar-refractivity contribution in [2.24, 2.45) is 10.8 Å². The average molecular weight is 324 g/mol. The molecule has 21 heavy (non-hydrogen) atoms. The first-order chi connectivity index (χ1) is 9.20. The van der Waals surface area contributed by atoms with Gasteiger partial charge in [0.25, 0.3) is 0 Å². The average Bonchev–Trinajstić information content (AvgIpc) is 2.30. The molecule has 0 fully saturated rings. The molecule has 0 unspecified atom stereocenters. The molecule has 0 saturated heterocycles. The second-order valence-electron chi connectivity index (χ2n) is 6.60. The van der Waals surface area contributed by atoms with Gasteiger partial charge in [-0.3, -0.25) is 0 Å². The Bertz CT molecular complexity index is 307. The van der Waals surface area contributed by atoms with E-state index in [2.05, 4.69) is 6.92 Å². The zero-order chi connectivity index (χ0) is 15.8. The van der Waals surface area contributed by atoms with E-state index in [1.165, 1.54) is 19.3 Å². The second-order valence-corrected chi connectivity index (χ2v) is 6.60. The van der Waals surface area contributed by atoms with E-state index in [4.69, 9.17) is 0 Å². The van der Waals surface area contributed by atoms with Crippen molar-refractivity contribution in [3.8, 4) is 0 Å². The van der Waals surface area contributed by atoms with E-state index in [1.807, 2.05) is 0 Å². The molecule has 0 aliphatic rings. The second kappa shape index (κ2) is 10.8. The minimum atomic E-state index is -1.91. The number of carboxylic acids is 2. The van der Waals surface area contributed by atoms with E-state index in [9.17, 15) is 19.8 Å². The molecule has 0 aliphatic carbocycles. The van der Waals surface area contributed by atoms with Gasteiger partial charge in [-0.1, -0.05) is 72.6 Å². The Kier molecular flexibility index (Phi) is 12.1. The summed E-state index contributed by atoms with van der Waals surface area (Å²) in [6, 6.07) is 0. The Hall–Kier alpha value is 0.200. The van der Waals surface area contributed by atoms with Crippen molar-refractivity contribution in [2.45, 2.75) is 79.1 Å². The quantitative estimate of drug-likeness (QED) is 0.344. The summed E-state index contributed by atoms with van der Waals surface area (Å²) < 4.78 is 0. The molecule has 0 aromatic carbocycles. The molecule has 0 rings (SSSR count). The van der Waals surface area contributed by atoms with Crippen molar-refractivity contribution in [1.82, 2.24) is 0 Å². The van der Waals surface area contributed by atoms with Crippen LogP contribution in [-0.4, -0.2) is 49.7 Å². The van der Waals surface area contributed by atoms with Crippen LogP contribution >= 0.6 is 0 Å². The summed E-state index contributed by atoms with van der Waals surface area (Å²) >= 11 is 0. The number of hydrogen-bond donors (Lipinski definition) is 0. The molecule has 0 aromatic heterocycles. The van der Waals surface area contributed by atoms with E-state index in [0.717, 1.165) is 19.3 Å². The van der Waals surface area contributed by atoms with Crippen molar-refractivity contribution in [2.75, 3.05) is 0 Å². The van der Waals surface area contributed by atoms with Gasteiger partial charge in [-0.15, -0.1) is 0 Å². The molecule has 0 saturated carbocycles. The maximum absolute atomic E-state index is 11.4. The van der Waals surface area contributed by atoms with Gasteiger partial charge in [0.2, 0.25) is 0 Å². The van der Waals surface area contributed by atoms with Crippen molar-refractivity contribution in [1.29, 1.82) is 0 Å². The predicted octanol–water partition coefficient (Wildman–Crippen LogP) is 1.28. The molecule has 0 heterocycles. The summed E-state index contributed by atoms with van der Waals surface area (Å²) in [5.41, 5.74) is -2.83. The number of unbranched alkanes of at least 4 members (excludes halogenated alkanes) is 6. The fourth-order valence-electron chi connectivity index (χ4n) is 2.62. The third kappa shape index (κ3) is 6.87. The molecule has 0 amide bonds.